The van der Waals surface area contributed by atoms with Gasteiger partial charge in [-0.05, 0) is 38.1 Å². The molecule has 11 heteroatoms. The van der Waals surface area contributed by atoms with Crippen LogP contribution in [0.4, 0.5) is 22.7 Å². The number of anilines is 1. The van der Waals surface area contributed by atoms with Crippen LogP contribution in [0.5, 0.6) is 5.75 Å². The predicted molar refractivity (Wildman–Crippen MR) is 108 cm³/mol. The van der Waals surface area contributed by atoms with Gasteiger partial charge in [0.15, 0.2) is 5.69 Å². The number of azo groups is 1. The number of phenolic OH excluding ortho intramolecular Hbond substituents is 1. The molecule has 0 fully saturated rings. The molecule has 150 valence electrons. The molecule has 2 aromatic carbocycles. The van der Waals surface area contributed by atoms with E-state index in [1.807, 2.05) is 18.7 Å². The molecular formula is C18H18N6O5. The third-order valence-corrected chi connectivity index (χ3v) is 4.45. The fraction of sp³-hybridized carbons (Fsp3) is 0.222. The van der Waals surface area contributed by atoms with E-state index in [-0.39, 0.29) is 22.5 Å². The molecule has 0 aliphatic rings. The minimum atomic E-state index is -0.824. The fourth-order valence-corrected chi connectivity index (χ4v) is 3.00. The van der Waals surface area contributed by atoms with E-state index in [9.17, 15) is 24.8 Å². The van der Waals surface area contributed by atoms with E-state index in [0.717, 1.165) is 18.8 Å². The van der Waals surface area contributed by atoms with Crippen LogP contribution in [-0.4, -0.2) is 33.3 Å². The number of nitrogens with zero attached hydrogens (tertiary/aromatic N) is 4. The van der Waals surface area contributed by atoms with Gasteiger partial charge in [0, 0.05) is 24.8 Å². The van der Waals surface area contributed by atoms with Crippen LogP contribution in [0.2, 0.25) is 0 Å². The minimum absolute atomic E-state index is 0.107. The zero-order chi connectivity index (χ0) is 21.1. The third-order valence-electron chi connectivity index (χ3n) is 4.45. The van der Waals surface area contributed by atoms with Gasteiger partial charge < -0.3 is 10.0 Å². The number of rotatable bonds is 6. The molecule has 0 radical (unpaired) electrons. The number of nitro benzene ring substituents is 1. The number of nitrogens with one attached hydrogen (secondary N) is 2. The molecule has 29 heavy (non-hydrogen) atoms. The van der Waals surface area contributed by atoms with Crippen LogP contribution in [-0.2, 0) is 0 Å². The standard InChI is InChI=1S/C18H18N6O5/c1-3-23(4-2)10-5-7-12(14(25)9-10)19-20-13-8-6-11-15(16(13)24(28)29)18(27)22-21-17(11)26/h5-9,25H,3-4H2,1-2H3,(H,21,26)(H,22,27). The Bertz CT molecular complexity index is 1230. The smallest absolute Gasteiger partial charge is 0.310 e. The van der Waals surface area contributed by atoms with Gasteiger partial charge in [-0.25, -0.2) is 0 Å². The van der Waals surface area contributed by atoms with Crippen molar-refractivity contribution < 1.29 is 10.0 Å². The molecule has 0 bridgehead atoms. The maximum Gasteiger partial charge on any atom is 0.310 e. The van der Waals surface area contributed by atoms with Crippen LogP contribution < -0.4 is 16.0 Å². The summed E-state index contributed by atoms with van der Waals surface area (Å²) in [5.41, 5.74) is -1.45. The van der Waals surface area contributed by atoms with E-state index in [4.69, 9.17) is 0 Å². The van der Waals surface area contributed by atoms with Gasteiger partial charge in [0.2, 0.25) is 0 Å². The maximum absolute atomic E-state index is 12.0. The average Bonchev–Trinajstić information content (AvgIpc) is 2.70. The zero-order valence-corrected chi connectivity index (χ0v) is 15.7. The molecule has 3 aromatic rings. The SMILES string of the molecule is CCN(CC)c1ccc(N=Nc2ccc3c(=O)[nH][nH]c(=O)c3c2[N+](=O)[O-])c(O)c1. The van der Waals surface area contributed by atoms with Crippen molar-refractivity contribution in [1.82, 2.24) is 10.2 Å². The lowest BCUT2D eigenvalue weighted by Crippen LogP contribution is -2.21. The highest BCUT2D eigenvalue weighted by atomic mass is 16.6. The molecule has 0 saturated carbocycles. The van der Waals surface area contributed by atoms with Gasteiger partial charge in [0.05, 0.1) is 10.3 Å². The van der Waals surface area contributed by atoms with Gasteiger partial charge in [0.1, 0.15) is 16.8 Å². The lowest BCUT2D eigenvalue weighted by atomic mass is 10.1. The molecule has 0 unspecified atom stereocenters. The zero-order valence-electron chi connectivity index (χ0n) is 15.7. The normalized spacial score (nSPS) is 11.2. The molecule has 0 aliphatic heterocycles. The fourth-order valence-electron chi connectivity index (χ4n) is 3.00. The summed E-state index contributed by atoms with van der Waals surface area (Å²) in [6.45, 7) is 5.49. The topological polar surface area (TPSA) is 157 Å². The van der Waals surface area contributed by atoms with Gasteiger partial charge in [-0.15, -0.1) is 10.2 Å². The molecule has 0 amide bonds. The van der Waals surface area contributed by atoms with Crippen molar-refractivity contribution in [1.29, 1.82) is 0 Å². The first-order valence-electron chi connectivity index (χ1n) is 8.79. The summed E-state index contributed by atoms with van der Waals surface area (Å²) in [6, 6.07) is 7.30. The predicted octanol–water partition coefficient (Wildman–Crippen LogP) is 3.09. The Morgan fingerprint density at radius 1 is 1.03 bits per heavy atom. The quantitative estimate of drug-likeness (QED) is 0.329. The van der Waals surface area contributed by atoms with Gasteiger partial charge >= 0.3 is 5.69 Å². The lowest BCUT2D eigenvalue weighted by molar-refractivity contribution is -0.382. The Labute approximate surface area is 163 Å². The summed E-state index contributed by atoms with van der Waals surface area (Å²) in [4.78, 5) is 36.7. The van der Waals surface area contributed by atoms with Crippen LogP contribution in [0, 0.1) is 10.1 Å². The summed E-state index contributed by atoms with van der Waals surface area (Å²) in [5, 5.41) is 33.1. The number of benzene rings is 2. The van der Waals surface area contributed by atoms with E-state index >= 15 is 0 Å². The molecule has 0 saturated heterocycles. The molecule has 3 rings (SSSR count). The number of aromatic amines is 2. The number of phenols is 1. The number of hydrogen-bond acceptors (Lipinski definition) is 8. The van der Waals surface area contributed by atoms with Crippen molar-refractivity contribution in [2.45, 2.75) is 13.8 Å². The monoisotopic (exact) mass is 398 g/mol. The molecule has 0 atom stereocenters. The summed E-state index contributed by atoms with van der Waals surface area (Å²) >= 11 is 0. The highest BCUT2D eigenvalue weighted by Crippen LogP contribution is 2.36. The van der Waals surface area contributed by atoms with Crippen molar-refractivity contribution in [2.24, 2.45) is 10.2 Å². The second-order valence-corrected chi connectivity index (χ2v) is 6.07. The van der Waals surface area contributed by atoms with Crippen LogP contribution in [0.15, 0.2) is 50.1 Å². The molecular weight excluding hydrogens is 380 g/mol. The number of nitro groups is 1. The maximum atomic E-state index is 12.0. The number of aromatic hydroxyl groups is 1. The summed E-state index contributed by atoms with van der Waals surface area (Å²) in [6.07, 6.45) is 0. The second-order valence-electron chi connectivity index (χ2n) is 6.07. The summed E-state index contributed by atoms with van der Waals surface area (Å²) < 4.78 is 0. The Morgan fingerprint density at radius 3 is 2.28 bits per heavy atom. The third kappa shape index (κ3) is 3.70. The Morgan fingerprint density at radius 2 is 1.66 bits per heavy atom. The van der Waals surface area contributed by atoms with Crippen LogP contribution in [0.1, 0.15) is 13.8 Å². The lowest BCUT2D eigenvalue weighted by Gasteiger charge is -2.21. The van der Waals surface area contributed by atoms with E-state index in [1.165, 1.54) is 24.3 Å². The summed E-state index contributed by atoms with van der Waals surface area (Å²) in [7, 11) is 0. The Kier molecular flexibility index (Phi) is 5.39. The first-order valence-corrected chi connectivity index (χ1v) is 8.79. The van der Waals surface area contributed by atoms with E-state index in [2.05, 4.69) is 20.4 Å². The van der Waals surface area contributed by atoms with Crippen LogP contribution in [0.3, 0.4) is 0 Å². The van der Waals surface area contributed by atoms with Crippen molar-refractivity contribution >= 4 is 33.5 Å². The number of H-pyrrole nitrogens is 2. The van der Waals surface area contributed by atoms with E-state index in [0.29, 0.717) is 0 Å². The van der Waals surface area contributed by atoms with Crippen molar-refractivity contribution in [3.8, 4) is 5.75 Å². The van der Waals surface area contributed by atoms with Gasteiger partial charge in [-0.3, -0.25) is 29.9 Å². The number of hydrogen-bond donors (Lipinski definition) is 3. The van der Waals surface area contributed by atoms with Gasteiger partial charge in [-0.2, -0.15) is 0 Å². The first kappa shape index (κ1) is 19.7. The van der Waals surface area contributed by atoms with Crippen LogP contribution in [0.25, 0.3) is 10.8 Å². The second kappa shape index (κ2) is 7.92. The molecule has 3 N–H and O–H groups in total. The molecule has 0 aliphatic carbocycles. The minimum Gasteiger partial charge on any atom is -0.506 e. The highest BCUT2D eigenvalue weighted by Gasteiger charge is 2.23. The summed E-state index contributed by atoms with van der Waals surface area (Å²) in [5.74, 6) is -0.143. The van der Waals surface area contributed by atoms with E-state index < -0.39 is 27.1 Å². The molecule has 0 spiro atoms. The highest BCUT2D eigenvalue weighted by molar-refractivity contribution is 5.94. The largest absolute Gasteiger partial charge is 0.506 e. The van der Waals surface area contributed by atoms with Crippen molar-refractivity contribution in [3.05, 3.63) is 61.2 Å². The molecule has 11 nitrogen and oxygen atoms in total. The van der Waals surface area contributed by atoms with Gasteiger partial charge in [0.25, 0.3) is 11.1 Å². The van der Waals surface area contributed by atoms with Crippen molar-refractivity contribution in [3.63, 3.8) is 0 Å². The molecule has 1 heterocycles. The average molecular weight is 398 g/mol. The number of fused-ring (bicyclic) bond motifs is 1. The Balaban J connectivity index is 2.09. The Hall–Kier alpha value is -4.02. The van der Waals surface area contributed by atoms with Gasteiger partial charge in [-0.1, -0.05) is 0 Å². The van der Waals surface area contributed by atoms with E-state index in [1.54, 1.807) is 6.07 Å². The first-order chi connectivity index (χ1) is 13.9. The number of aromatic nitrogens is 2. The molecule has 1 aromatic heterocycles. The van der Waals surface area contributed by atoms with Crippen LogP contribution >= 0.6 is 0 Å². The van der Waals surface area contributed by atoms with Crippen molar-refractivity contribution in [2.75, 3.05) is 18.0 Å².